The van der Waals surface area contributed by atoms with Crippen molar-refractivity contribution in [1.29, 1.82) is 0 Å². The molecule has 0 unspecified atom stereocenters. The first-order chi connectivity index (χ1) is 7.81. The predicted octanol–water partition coefficient (Wildman–Crippen LogP) is 2.00. The lowest BCUT2D eigenvalue weighted by atomic mass is 10.1. The Morgan fingerprint density at radius 2 is 1.81 bits per heavy atom. The molecule has 1 fully saturated rings. The Labute approximate surface area is 97.0 Å². The lowest BCUT2D eigenvalue weighted by Gasteiger charge is -2.23. The molecule has 1 aliphatic heterocycles. The highest BCUT2D eigenvalue weighted by Crippen LogP contribution is 2.25. The fourth-order valence-corrected chi connectivity index (χ4v) is 2.29. The summed E-state index contributed by atoms with van der Waals surface area (Å²) in [5, 5.41) is 3.51. The van der Waals surface area contributed by atoms with E-state index in [9.17, 15) is 0 Å². The van der Waals surface area contributed by atoms with Crippen molar-refractivity contribution in [2.45, 2.75) is 32.6 Å². The highest BCUT2D eigenvalue weighted by atomic mass is 15.1. The van der Waals surface area contributed by atoms with Crippen LogP contribution in [0.5, 0.6) is 0 Å². The van der Waals surface area contributed by atoms with Crippen LogP contribution in [0.1, 0.15) is 31.2 Å². The van der Waals surface area contributed by atoms with E-state index in [-0.39, 0.29) is 0 Å². The van der Waals surface area contributed by atoms with E-state index in [2.05, 4.69) is 22.1 Å². The van der Waals surface area contributed by atoms with Gasteiger partial charge in [0.15, 0.2) is 0 Å². The molecular formula is C13H19N3+. The molecule has 0 atom stereocenters. The molecule has 0 spiro atoms. The second-order valence-electron chi connectivity index (χ2n) is 4.48. The minimum Gasteiger partial charge on any atom is -0.372 e. The quantitative estimate of drug-likeness (QED) is 0.756. The molecule has 0 aromatic heterocycles. The van der Waals surface area contributed by atoms with Gasteiger partial charge in [0.2, 0.25) is 0 Å². The fraction of sp³-hybridized carbons (Fsp3) is 0.538. The van der Waals surface area contributed by atoms with Crippen LogP contribution in [-0.2, 0) is 0 Å². The van der Waals surface area contributed by atoms with Crippen molar-refractivity contribution >= 4 is 11.4 Å². The molecule has 3 nitrogen and oxygen atoms in total. The van der Waals surface area contributed by atoms with Crippen molar-refractivity contribution in [3.05, 3.63) is 23.8 Å². The van der Waals surface area contributed by atoms with Crippen LogP contribution in [-0.4, -0.2) is 13.1 Å². The maximum absolute atomic E-state index is 7.05. The van der Waals surface area contributed by atoms with Gasteiger partial charge in [0.1, 0.15) is 11.2 Å². The van der Waals surface area contributed by atoms with Crippen molar-refractivity contribution in [1.82, 2.24) is 0 Å². The summed E-state index contributed by atoms with van der Waals surface area (Å²) in [6, 6.07) is 6.19. The molecule has 1 radical (unpaired) electrons. The van der Waals surface area contributed by atoms with Crippen LogP contribution in [0.15, 0.2) is 23.3 Å². The summed E-state index contributed by atoms with van der Waals surface area (Å²) < 4.78 is 0. The summed E-state index contributed by atoms with van der Waals surface area (Å²) >= 11 is 0. The van der Waals surface area contributed by atoms with Crippen LogP contribution >= 0.6 is 0 Å². The summed E-state index contributed by atoms with van der Waals surface area (Å²) in [7, 11) is 0. The van der Waals surface area contributed by atoms with Crippen molar-refractivity contribution in [3.63, 3.8) is 0 Å². The zero-order valence-electron chi connectivity index (χ0n) is 9.87. The summed E-state index contributed by atoms with van der Waals surface area (Å²) in [6.07, 6.45) is 5.30. The zero-order chi connectivity index (χ0) is 11.4. The second kappa shape index (κ2) is 5.10. The van der Waals surface area contributed by atoms with Gasteiger partial charge in [-0.1, -0.05) is 12.8 Å². The molecule has 1 heterocycles. The Morgan fingerprint density at radius 3 is 2.38 bits per heavy atom. The zero-order valence-corrected chi connectivity index (χ0v) is 9.87. The normalized spacial score (nSPS) is 16.9. The standard InChI is InChI=1S/C13H19N3/c1-11-10-12(6-7-13(11)15-14)16-8-4-2-3-5-9-16/h6-7,10,14H,2-5,8-9H2,1H3/q+1. The molecule has 1 aliphatic rings. The Kier molecular flexibility index (Phi) is 3.54. The van der Waals surface area contributed by atoms with Crippen molar-refractivity contribution in [2.75, 3.05) is 18.0 Å². The Bertz CT molecular complexity index is 365. The first-order valence-electron chi connectivity index (χ1n) is 6.04. The van der Waals surface area contributed by atoms with Gasteiger partial charge in [-0.15, -0.1) is 0 Å². The molecule has 0 bridgehead atoms. The number of hydrogen-bond donors (Lipinski definition) is 1. The van der Waals surface area contributed by atoms with Gasteiger partial charge in [0.25, 0.3) is 0 Å². The predicted molar refractivity (Wildman–Crippen MR) is 64.9 cm³/mol. The number of aryl methyl sites for hydroxylation is 1. The van der Waals surface area contributed by atoms with Gasteiger partial charge < -0.3 is 4.90 Å². The van der Waals surface area contributed by atoms with E-state index in [0.717, 1.165) is 24.3 Å². The van der Waals surface area contributed by atoms with Crippen LogP contribution < -0.4 is 10.4 Å². The Hall–Kier alpha value is -1.38. The smallest absolute Gasteiger partial charge is 0.144 e. The van der Waals surface area contributed by atoms with Crippen LogP contribution in [0.25, 0.3) is 0 Å². The lowest BCUT2D eigenvalue weighted by molar-refractivity contribution is -0.210. The molecule has 0 saturated carbocycles. The van der Waals surface area contributed by atoms with Gasteiger partial charge in [-0.05, 0) is 43.5 Å². The van der Waals surface area contributed by atoms with Gasteiger partial charge in [-0.3, -0.25) is 0 Å². The average molecular weight is 217 g/mol. The summed E-state index contributed by atoms with van der Waals surface area (Å²) in [5.74, 6) is 0. The van der Waals surface area contributed by atoms with Crippen molar-refractivity contribution in [3.8, 4) is 0 Å². The van der Waals surface area contributed by atoms with Gasteiger partial charge in [0.05, 0.1) is 5.11 Å². The lowest BCUT2D eigenvalue weighted by Crippen LogP contribution is -2.24. The van der Waals surface area contributed by atoms with E-state index in [1.807, 2.05) is 13.0 Å². The van der Waals surface area contributed by atoms with Crippen LogP contribution in [0.2, 0.25) is 0 Å². The van der Waals surface area contributed by atoms with E-state index in [0.29, 0.717) is 0 Å². The third kappa shape index (κ3) is 2.40. The molecule has 1 aromatic carbocycles. The van der Waals surface area contributed by atoms with Gasteiger partial charge in [-0.2, -0.15) is 0 Å². The number of rotatable bonds is 2. The first-order valence-corrected chi connectivity index (χ1v) is 6.04. The summed E-state index contributed by atoms with van der Waals surface area (Å²) in [6.45, 7) is 4.35. The van der Waals surface area contributed by atoms with Crippen LogP contribution in [0, 0.1) is 6.92 Å². The first kappa shape index (κ1) is 11.1. The topological polar surface area (TPSA) is 39.4 Å². The molecule has 16 heavy (non-hydrogen) atoms. The van der Waals surface area contributed by atoms with Crippen molar-refractivity contribution in [2.24, 2.45) is 5.11 Å². The van der Waals surface area contributed by atoms with E-state index in [1.54, 1.807) is 0 Å². The van der Waals surface area contributed by atoms with E-state index in [4.69, 9.17) is 5.53 Å². The SMILES string of the molecule is Cc1cc(N2CCCCCC2)ccc1N=[NH+]. The number of nitrogens with one attached hydrogen (secondary N) is 1. The third-order valence-electron chi connectivity index (χ3n) is 3.27. The number of hydrogen-bond acceptors (Lipinski definition) is 3. The molecular weight excluding hydrogens is 198 g/mol. The Morgan fingerprint density at radius 1 is 1.12 bits per heavy atom. The highest BCUT2D eigenvalue weighted by molar-refractivity contribution is 5.57. The van der Waals surface area contributed by atoms with E-state index in [1.165, 1.54) is 31.4 Å². The molecule has 0 amide bonds. The molecule has 1 saturated heterocycles. The maximum Gasteiger partial charge on any atom is 0.144 e. The van der Waals surface area contributed by atoms with Crippen molar-refractivity contribution < 1.29 is 5.53 Å². The number of nitrogens with zero attached hydrogens (tertiary/aromatic N) is 2. The number of benzene rings is 1. The van der Waals surface area contributed by atoms with Crippen LogP contribution in [0.4, 0.5) is 11.4 Å². The minimum absolute atomic E-state index is 0.776. The molecule has 1 aromatic rings. The van der Waals surface area contributed by atoms with Crippen LogP contribution in [0.3, 0.4) is 0 Å². The largest absolute Gasteiger partial charge is 0.372 e. The van der Waals surface area contributed by atoms with Gasteiger partial charge in [-0.25, -0.2) is 0 Å². The number of anilines is 1. The van der Waals surface area contributed by atoms with E-state index >= 15 is 0 Å². The van der Waals surface area contributed by atoms with Gasteiger partial charge in [0, 0.05) is 18.8 Å². The molecule has 1 N–H and O–H groups in total. The van der Waals surface area contributed by atoms with Gasteiger partial charge >= 0.3 is 0 Å². The minimum atomic E-state index is 0.776. The molecule has 85 valence electrons. The molecule has 3 heteroatoms. The third-order valence-corrected chi connectivity index (χ3v) is 3.27. The molecule has 0 aliphatic carbocycles. The van der Waals surface area contributed by atoms with E-state index < -0.39 is 0 Å². The average Bonchev–Trinajstić information content (AvgIpc) is 2.57. The maximum atomic E-state index is 7.05. The second-order valence-corrected chi connectivity index (χ2v) is 4.48. The highest BCUT2D eigenvalue weighted by Gasteiger charge is 2.11. The monoisotopic (exact) mass is 217 g/mol. The summed E-state index contributed by atoms with van der Waals surface area (Å²) in [5.41, 5.74) is 10.2. The Balaban J connectivity index is 2.19. The molecule has 2 rings (SSSR count). The fourth-order valence-electron chi connectivity index (χ4n) is 2.29. The summed E-state index contributed by atoms with van der Waals surface area (Å²) in [4.78, 5) is 2.45.